The van der Waals surface area contributed by atoms with Gasteiger partial charge in [-0.25, -0.2) is 8.78 Å². The summed E-state index contributed by atoms with van der Waals surface area (Å²) in [5, 5.41) is 0.928. The van der Waals surface area contributed by atoms with Gasteiger partial charge in [-0.05, 0) is 37.1 Å². The first-order chi connectivity index (χ1) is 10.4. The van der Waals surface area contributed by atoms with E-state index >= 15 is 0 Å². The molecule has 0 atom stereocenters. The summed E-state index contributed by atoms with van der Waals surface area (Å²) in [7, 11) is 1.47. The van der Waals surface area contributed by atoms with Crippen LogP contribution < -0.4 is 0 Å². The highest BCUT2D eigenvalue weighted by atomic mass is 19.3. The fourth-order valence-electron chi connectivity index (χ4n) is 2.53. The minimum atomic E-state index is -2.57. The molecule has 0 radical (unpaired) electrons. The third-order valence-electron chi connectivity index (χ3n) is 3.53. The van der Waals surface area contributed by atoms with Crippen molar-refractivity contribution in [1.29, 1.82) is 0 Å². The summed E-state index contributed by atoms with van der Waals surface area (Å²) in [5.74, 6) is -0.439. The van der Waals surface area contributed by atoms with Crippen LogP contribution in [-0.4, -0.2) is 49.0 Å². The number of nitrogens with one attached hydrogen (secondary N) is 1. The van der Waals surface area contributed by atoms with Crippen LogP contribution in [0.1, 0.15) is 21.6 Å². The molecule has 6 heteroatoms. The number of carbonyl (C=O) groups is 1. The van der Waals surface area contributed by atoms with Crippen LogP contribution in [-0.2, 0) is 4.74 Å². The van der Waals surface area contributed by atoms with Gasteiger partial charge in [-0.2, -0.15) is 0 Å². The Morgan fingerprint density at radius 1 is 1.32 bits per heavy atom. The van der Waals surface area contributed by atoms with E-state index in [0.29, 0.717) is 5.69 Å². The number of benzene rings is 1. The monoisotopic (exact) mass is 310 g/mol. The molecule has 0 aliphatic carbocycles. The van der Waals surface area contributed by atoms with Crippen LogP contribution in [0.3, 0.4) is 0 Å². The third kappa shape index (κ3) is 3.62. The van der Waals surface area contributed by atoms with Gasteiger partial charge in [0.1, 0.15) is 5.69 Å². The summed E-state index contributed by atoms with van der Waals surface area (Å²) in [6.07, 6.45) is -2.57. The highest BCUT2D eigenvalue weighted by molar-refractivity contribution is 5.99. The van der Waals surface area contributed by atoms with Crippen molar-refractivity contribution < 1.29 is 18.3 Å². The Kier molecular flexibility index (Phi) is 5.13. The van der Waals surface area contributed by atoms with Crippen molar-refractivity contribution >= 4 is 16.8 Å². The van der Waals surface area contributed by atoms with Gasteiger partial charge < -0.3 is 14.6 Å². The van der Waals surface area contributed by atoms with E-state index < -0.39 is 18.9 Å². The number of hydrogen-bond acceptors (Lipinski definition) is 2. The van der Waals surface area contributed by atoms with Crippen LogP contribution in [0.15, 0.2) is 18.2 Å². The van der Waals surface area contributed by atoms with Crippen molar-refractivity contribution in [2.45, 2.75) is 20.3 Å². The first-order valence-corrected chi connectivity index (χ1v) is 7.08. The molecule has 0 saturated heterocycles. The molecule has 1 heterocycles. The average Bonchev–Trinajstić information content (AvgIpc) is 2.86. The van der Waals surface area contributed by atoms with Crippen molar-refractivity contribution in [2.24, 2.45) is 0 Å². The number of alkyl halides is 2. The number of nitrogens with zero attached hydrogens (tertiary/aromatic N) is 1. The van der Waals surface area contributed by atoms with E-state index in [1.165, 1.54) is 7.11 Å². The second-order valence-corrected chi connectivity index (χ2v) is 5.36. The van der Waals surface area contributed by atoms with Crippen LogP contribution in [0.25, 0.3) is 10.9 Å². The molecule has 1 N–H and O–H groups in total. The summed E-state index contributed by atoms with van der Waals surface area (Å²) in [5.41, 5.74) is 3.28. The van der Waals surface area contributed by atoms with Gasteiger partial charge in [0.05, 0.1) is 13.2 Å². The molecule has 0 unspecified atom stereocenters. The Morgan fingerprint density at radius 2 is 2.05 bits per heavy atom. The lowest BCUT2D eigenvalue weighted by Gasteiger charge is -2.21. The average molecular weight is 310 g/mol. The highest BCUT2D eigenvalue weighted by Gasteiger charge is 2.21. The number of halogens is 2. The summed E-state index contributed by atoms with van der Waals surface area (Å²) >= 11 is 0. The Bertz CT molecular complexity index is 667. The van der Waals surface area contributed by atoms with Crippen molar-refractivity contribution in [1.82, 2.24) is 9.88 Å². The quantitative estimate of drug-likeness (QED) is 0.891. The van der Waals surface area contributed by atoms with Crippen LogP contribution in [0, 0.1) is 13.8 Å². The lowest BCUT2D eigenvalue weighted by molar-refractivity contribution is 0.0474. The molecule has 0 saturated carbocycles. The Hall–Kier alpha value is -1.95. The number of hydrogen-bond donors (Lipinski definition) is 1. The molecular weight excluding hydrogens is 290 g/mol. The van der Waals surface area contributed by atoms with E-state index in [-0.39, 0.29) is 13.2 Å². The van der Waals surface area contributed by atoms with Crippen LogP contribution in [0.2, 0.25) is 0 Å². The lowest BCUT2D eigenvalue weighted by atomic mass is 10.1. The standard InChI is InChI=1S/C16H20F2N2O2/c1-10-6-11(2)12-8-14(19-13(12)7-10)16(21)20(4-5-22-3)9-15(17)18/h6-8,15,19H,4-5,9H2,1-3H3. The van der Waals surface area contributed by atoms with Gasteiger partial charge in [-0.1, -0.05) is 6.07 Å². The number of carbonyl (C=O) groups excluding carboxylic acids is 1. The van der Waals surface area contributed by atoms with Gasteiger partial charge in [0.25, 0.3) is 12.3 Å². The highest BCUT2D eigenvalue weighted by Crippen LogP contribution is 2.22. The zero-order valence-electron chi connectivity index (χ0n) is 13.0. The van der Waals surface area contributed by atoms with Gasteiger partial charge in [0, 0.05) is 24.6 Å². The maximum absolute atomic E-state index is 12.7. The zero-order valence-corrected chi connectivity index (χ0v) is 13.0. The first kappa shape index (κ1) is 16.4. The smallest absolute Gasteiger partial charge is 0.270 e. The predicted molar refractivity (Wildman–Crippen MR) is 81.6 cm³/mol. The molecule has 4 nitrogen and oxygen atoms in total. The molecule has 0 aliphatic rings. The fourth-order valence-corrected chi connectivity index (χ4v) is 2.53. The Morgan fingerprint density at radius 3 is 2.68 bits per heavy atom. The van der Waals surface area contributed by atoms with Crippen molar-refractivity contribution in [3.63, 3.8) is 0 Å². The molecule has 1 amide bonds. The number of ether oxygens (including phenoxy) is 1. The van der Waals surface area contributed by atoms with Crippen molar-refractivity contribution in [3.8, 4) is 0 Å². The number of amides is 1. The summed E-state index contributed by atoms with van der Waals surface area (Å²) in [4.78, 5) is 16.6. The molecular formula is C16H20F2N2O2. The second-order valence-electron chi connectivity index (χ2n) is 5.36. The molecule has 0 bridgehead atoms. The number of aromatic nitrogens is 1. The first-order valence-electron chi connectivity index (χ1n) is 7.08. The van der Waals surface area contributed by atoms with Crippen molar-refractivity contribution in [3.05, 3.63) is 35.0 Å². The number of aryl methyl sites for hydroxylation is 2. The number of aromatic amines is 1. The number of rotatable bonds is 6. The summed E-state index contributed by atoms with van der Waals surface area (Å²) in [6, 6.07) is 5.68. The van der Waals surface area contributed by atoms with Gasteiger partial charge in [0.15, 0.2) is 0 Å². The predicted octanol–water partition coefficient (Wildman–Crippen LogP) is 3.14. The van der Waals surface area contributed by atoms with E-state index in [0.717, 1.165) is 26.9 Å². The second kappa shape index (κ2) is 6.87. The molecule has 120 valence electrons. The summed E-state index contributed by atoms with van der Waals surface area (Å²) in [6.45, 7) is 3.68. The van der Waals surface area contributed by atoms with Gasteiger partial charge in [-0.15, -0.1) is 0 Å². The Balaban J connectivity index is 2.31. The number of H-pyrrole nitrogens is 1. The Labute approximate surface area is 128 Å². The summed E-state index contributed by atoms with van der Waals surface area (Å²) < 4.78 is 30.2. The van der Waals surface area contributed by atoms with E-state index in [4.69, 9.17) is 4.74 Å². The van der Waals surface area contributed by atoms with Gasteiger partial charge in [-0.3, -0.25) is 4.79 Å². The van der Waals surface area contributed by atoms with Crippen LogP contribution in [0.4, 0.5) is 8.78 Å². The zero-order chi connectivity index (χ0) is 16.3. The van der Waals surface area contributed by atoms with E-state index in [2.05, 4.69) is 4.98 Å². The minimum absolute atomic E-state index is 0.132. The maximum atomic E-state index is 12.7. The largest absolute Gasteiger partial charge is 0.383 e. The topological polar surface area (TPSA) is 45.3 Å². The van der Waals surface area contributed by atoms with Crippen LogP contribution >= 0.6 is 0 Å². The van der Waals surface area contributed by atoms with E-state index in [9.17, 15) is 13.6 Å². The van der Waals surface area contributed by atoms with E-state index in [1.54, 1.807) is 6.07 Å². The fraction of sp³-hybridized carbons (Fsp3) is 0.438. The molecule has 0 spiro atoms. The molecule has 0 fully saturated rings. The number of fused-ring (bicyclic) bond motifs is 1. The van der Waals surface area contributed by atoms with E-state index in [1.807, 2.05) is 26.0 Å². The maximum Gasteiger partial charge on any atom is 0.270 e. The molecule has 2 aromatic rings. The van der Waals surface area contributed by atoms with Gasteiger partial charge >= 0.3 is 0 Å². The van der Waals surface area contributed by atoms with Crippen molar-refractivity contribution in [2.75, 3.05) is 26.8 Å². The molecule has 0 aliphatic heterocycles. The molecule has 1 aromatic carbocycles. The third-order valence-corrected chi connectivity index (χ3v) is 3.53. The van der Waals surface area contributed by atoms with Gasteiger partial charge in [0.2, 0.25) is 0 Å². The molecule has 2 rings (SSSR count). The van der Waals surface area contributed by atoms with Crippen LogP contribution in [0.5, 0.6) is 0 Å². The molecule has 1 aromatic heterocycles. The normalized spacial score (nSPS) is 11.4. The number of methoxy groups -OCH3 is 1. The SMILES string of the molecule is COCCN(CC(F)F)C(=O)c1cc2c(C)cc(C)cc2[nH]1. The molecule has 22 heavy (non-hydrogen) atoms. The lowest BCUT2D eigenvalue weighted by Crippen LogP contribution is -2.37. The minimum Gasteiger partial charge on any atom is -0.383 e.